The average molecular weight is 345 g/mol. The number of hydrogen-bond acceptors (Lipinski definition) is 4. The van der Waals surface area contributed by atoms with Crippen molar-refractivity contribution in [2.24, 2.45) is 0 Å². The number of phenolic OH excluding ortho intramolecular Hbond substituents is 1. The highest BCUT2D eigenvalue weighted by molar-refractivity contribution is 14.1. The predicted octanol–water partition coefficient (Wildman–Crippen LogP) is 2.00. The van der Waals surface area contributed by atoms with Crippen LogP contribution < -0.4 is 4.74 Å². The molecule has 0 spiro atoms. The van der Waals surface area contributed by atoms with Crippen LogP contribution in [0.25, 0.3) is 6.08 Å². The number of benzene rings is 1. The van der Waals surface area contributed by atoms with Crippen LogP contribution in [0, 0.1) is 14.9 Å². The number of aromatic hydroxyl groups is 1. The molecule has 0 aliphatic carbocycles. The molecule has 0 fully saturated rings. The number of carbonyl (C=O) groups is 1. The van der Waals surface area contributed by atoms with Crippen LogP contribution in [0.5, 0.6) is 11.5 Å². The lowest BCUT2D eigenvalue weighted by atomic mass is 10.1. The molecule has 88 valence electrons. The van der Waals surface area contributed by atoms with Crippen LogP contribution >= 0.6 is 22.6 Å². The molecule has 0 aliphatic heterocycles. The Morgan fingerprint density at radius 1 is 1.59 bits per heavy atom. The zero-order valence-electron chi connectivity index (χ0n) is 8.77. The Kier molecular flexibility index (Phi) is 4.34. The van der Waals surface area contributed by atoms with Gasteiger partial charge in [0.05, 0.1) is 10.7 Å². The monoisotopic (exact) mass is 345 g/mol. The number of carboxylic acid groups (broad SMARTS) is 1. The Labute approximate surface area is 111 Å². The fourth-order valence-electron chi connectivity index (χ4n) is 1.14. The van der Waals surface area contributed by atoms with Crippen molar-refractivity contribution in [2.45, 2.75) is 0 Å². The third kappa shape index (κ3) is 3.10. The van der Waals surface area contributed by atoms with E-state index in [0.717, 1.165) is 0 Å². The third-order valence-corrected chi connectivity index (χ3v) is 2.75. The molecule has 1 aromatic carbocycles. The lowest BCUT2D eigenvalue weighted by Crippen LogP contribution is -1.97. The summed E-state index contributed by atoms with van der Waals surface area (Å²) in [6.45, 7) is 0. The molecule has 2 N–H and O–H groups in total. The molecule has 0 saturated carbocycles. The van der Waals surface area contributed by atoms with E-state index in [0.29, 0.717) is 9.13 Å². The van der Waals surface area contributed by atoms with Crippen molar-refractivity contribution < 1.29 is 19.7 Å². The first-order valence-electron chi connectivity index (χ1n) is 4.41. The van der Waals surface area contributed by atoms with E-state index in [-0.39, 0.29) is 17.1 Å². The number of halogens is 1. The molecule has 0 radical (unpaired) electrons. The molecule has 0 saturated heterocycles. The number of ether oxygens (including phenoxy) is 1. The zero-order chi connectivity index (χ0) is 13.0. The molecule has 1 rings (SSSR count). The number of nitrogens with zero attached hydrogens (tertiary/aromatic N) is 1. The summed E-state index contributed by atoms with van der Waals surface area (Å²) in [6.07, 6.45) is 1.21. The van der Waals surface area contributed by atoms with Crippen LogP contribution in [-0.2, 0) is 4.79 Å². The summed E-state index contributed by atoms with van der Waals surface area (Å²) in [6, 6.07) is 4.59. The molecule has 0 heterocycles. The first kappa shape index (κ1) is 13.3. The molecule has 17 heavy (non-hydrogen) atoms. The Hall–Kier alpha value is -1.75. The molecule has 5 nitrogen and oxygen atoms in total. The summed E-state index contributed by atoms with van der Waals surface area (Å²) in [5.41, 5.74) is 0.0940. The Morgan fingerprint density at radius 3 is 2.71 bits per heavy atom. The largest absolute Gasteiger partial charge is 0.504 e. The van der Waals surface area contributed by atoms with E-state index in [9.17, 15) is 9.90 Å². The normalized spacial score (nSPS) is 10.8. The minimum atomic E-state index is -1.30. The maximum absolute atomic E-state index is 10.7. The molecular weight excluding hydrogens is 337 g/mol. The van der Waals surface area contributed by atoms with Crippen LogP contribution in [0.2, 0.25) is 0 Å². The van der Waals surface area contributed by atoms with Crippen LogP contribution in [0.4, 0.5) is 0 Å². The molecule has 1 aromatic rings. The van der Waals surface area contributed by atoms with E-state index < -0.39 is 5.97 Å². The van der Waals surface area contributed by atoms with Crippen LogP contribution in [0.15, 0.2) is 17.7 Å². The summed E-state index contributed by atoms with van der Waals surface area (Å²) in [4.78, 5) is 10.7. The van der Waals surface area contributed by atoms with Crippen molar-refractivity contribution in [2.75, 3.05) is 7.11 Å². The minimum absolute atomic E-state index is 0.0147. The molecule has 0 aliphatic rings. The van der Waals surface area contributed by atoms with Crippen molar-refractivity contribution in [3.05, 3.63) is 26.8 Å². The minimum Gasteiger partial charge on any atom is -0.504 e. The molecule has 6 heteroatoms. The quantitative estimate of drug-likeness (QED) is 0.497. The van der Waals surface area contributed by atoms with Crippen molar-refractivity contribution in [1.29, 1.82) is 5.26 Å². The van der Waals surface area contributed by atoms with Gasteiger partial charge < -0.3 is 14.9 Å². The van der Waals surface area contributed by atoms with E-state index in [1.165, 1.54) is 19.3 Å². The zero-order valence-corrected chi connectivity index (χ0v) is 10.9. The number of carboxylic acids is 1. The number of nitriles is 1. The maximum Gasteiger partial charge on any atom is 0.346 e. The fourth-order valence-corrected chi connectivity index (χ4v) is 1.77. The van der Waals surface area contributed by atoms with Gasteiger partial charge in [-0.1, -0.05) is 0 Å². The molecular formula is C11H8INO4. The lowest BCUT2D eigenvalue weighted by Gasteiger charge is -2.06. The topological polar surface area (TPSA) is 90.5 Å². The summed E-state index contributed by atoms with van der Waals surface area (Å²) in [7, 11) is 1.39. The van der Waals surface area contributed by atoms with Crippen LogP contribution in [0.1, 0.15) is 5.56 Å². The Bertz CT molecular complexity index is 531. The van der Waals surface area contributed by atoms with Gasteiger partial charge in [0, 0.05) is 0 Å². The lowest BCUT2D eigenvalue weighted by molar-refractivity contribution is -0.132. The fraction of sp³-hybridized carbons (Fsp3) is 0.0909. The standard InChI is InChI=1S/C11H8INO4/c1-17-9-4-6(3-8(12)10(9)14)2-7(5-13)11(15)16/h2-4,14H,1H3,(H,15,16). The van der Waals surface area contributed by atoms with Gasteiger partial charge in [-0.25, -0.2) is 4.79 Å². The summed E-state index contributed by atoms with van der Waals surface area (Å²) >= 11 is 1.89. The highest BCUT2D eigenvalue weighted by Gasteiger charge is 2.10. The van der Waals surface area contributed by atoms with Gasteiger partial charge in [0.2, 0.25) is 0 Å². The van der Waals surface area contributed by atoms with Crippen LogP contribution in [-0.4, -0.2) is 23.3 Å². The van der Waals surface area contributed by atoms with E-state index in [1.54, 1.807) is 12.1 Å². The molecule has 0 atom stereocenters. The van der Waals surface area contributed by atoms with Crippen molar-refractivity contribution in [1.82, 2.24) is 0 Å². The summed E-state index contributed by atoms with van der Waals surface area (Å²) < 4.78 is 5.44. The van der Waals surface area contributed by atoms with Gasteiger partial charge in [0.25, 0.3) is 0 Å². The van der Waals surface area contributed by atoms with Gasteiger partial charge in [0.15, 0.2) is 11.5 Å². The SMILES string of the molecule is COc1cc(C=C(C#N)C(=O)O)cc(I)c1O. The first-order valence-corrected chi connectivity index (χ1v) is 5.49. The number of methoxy groups -OCH3 is 1. The van der Waals surface area contributed by atoms with Gasteiger partial charge in [-0.2, -0.15) is 5.26 Å². The smallest absolute Gasteiger partial charge is 0.346 e. The van der Waals surface area contributed by atoms with Crippen molar-refractivity contribution in [3.63, 3.8) is 0 Å². The van der Waals surface area contributed by atoms with E-state index in [4.69, 9.17) is 15.1 Å². The van der Waals surface area contributed by atoms with E-state index >= 15 is 0 Å². The second-order valence-corrected chi connectivity index (χ2v) is 4.19. The number of hydrogen-bond donors (Lipinski definition) is 2. The van der Waals surface area contributed by atoms with Gasteiger partial charge in [-0.05, 0) is 46.4 Å². The van der Waals surface area contributed by atoms with Crippen LogP contribution in [0.3, 0.4) is 0 Å². The summed E-state index contributed by atoms with van der Waals surface area (Å²) in [5, 5.41) is 26.9. The second-order valence-electron chi connectivity index (χ2n) is 3.03. The van der Waals surface area contributed by atoms with Crippen molar-refractivity contribution in [3.8, 4) is 17.6 Å². The molecule has 0 bridgehead atoms. The number of phenols is 1. The number of aliphatic carboxylic acids is 1. The Balaban J connectivity index is 3.30. The molecule has 0 amide bonds. The second kappa shape index (κ2) is 5.54. The van der Waals surface area contributed by atoms with E-state index in [2.05, 4.69) is 0 Å². The van der Waals surface area contributed by atoms with Gasteiger partial charge in [-0.15, -0.1) is 0 Å². The van der Waals surface area contributed by atoms with Gasteiger partial charge >= 0.3 is 5.97 Å². The summed E-state index contributed by atoms with van der Waals surface area (Å²) in [5.74, 6) is -1.08. The highest BCUT2D eigenvalue weighted by Crippen LogP contribution is 2.33. The average Bonchev–Trinajstić information content (AvgIpc) is 2.29. The Morgan fingerprint density at radius 2 is 2.24 bits per heavy atom. The number of rotatable bonds is 3. The maximum atomic E-state index is 10.7. The van der Waals surface area contributed by atoms with Gasteiger partial charge in [0.1, 0.15) is 11.6 Å². The van der Waals surface area contributed by atoms with E-state index in [1.807, 2.05) is 22.6 Å². The molecule has 0 unspecified atom stereocenters. The predicted molar refractivity (Wildman–Crippen MR) is 68.6 cm³/mol. The van der Waals surface area contributed by atoms with Gasteiger partial charge in [-0.3, -0.25) is 0 Å². The van der Waals surface area contributed by atoms with Crippen molar-refractivity contribution >= 4 is 34.6 Å². The first-order chi connectivity index (χ1) is 7.99. The highest BCUT2D eigenvalue weighted by atomic mass is 127. The third-order valence-electron chi connectivity index (χ3n) is 1.93. The molecule has 0 aromatic heterocycles.